The minimum atomic E-state index is 1.00. The van der Waals surface area contributed by atoms with Crippen LogP contribution in [0.5, 0.6) is 0 Å². The highest BCUT2D eigenvalue weighted by molar-refractivity contribution is 4.76. The molecule has 0 aliphatic carbocycles. The standard InChI is InChI=1S/C28H56/c1-5-9-11-12-13-14-15-16-17-18-19-21-24-28(8-4)26-22-25-27(7-3)23-20-10-6-2/h5,9,27-28H,6-8,10-26H2,1-4H3/b9-5+. The first kappa shape index (κ1) is 27.7. The van der Waals surface area contributed by atoms with Crippen LogP contribution in [0, 0.1) is 11.8 Å². The molecule has 0 spiro atoms. The molecular formula is C28H56. The van der Waals surface area contributed by atoms with Gasteiger partial charge < -0.3 is 0 Å². The predicted octanol–water partition coefficient (Wildman–Crippen LogP) is 10.7. The van der Waals surface area contributed by atoms with Gasteiger partial charge in [-0.3, -0.25) is 0 Å². The van der Waals surface area contributed by atoms with Gasteiger partial charge in [-0.15, -0.1) is 0 Å². The van der Waals surface area contributed by atoms with Gasteiger partial charge in [0.1, 0.15) is 0 Å². The largest absolute Gasteiger partial charge is 0.0917 e. The Balaban J connectivity index is 3.50. The minimum Gasteiger partial charge on any atom is -0.0917 e. The van der Waals surface area contributed by atoms with Gasteiger partial charge in [0.25, 0.3) is 0 Å². The van der Waals surface area contributed by atoms with Crippen molar-refractivity contribution in [3.05, 3.63) is 12.2 Å². The summed E-state index contributed by atoms with van der Waals surface area (Å²) < 4.78 is 0. The van der Waals surface area contributed by atoms with E-state index in [0.717, 1.165) is 11.8 Å². The molecule has 0 N–H and O–H groups in total. The van der Waals surface area contributed by atoms with E-state index in [0.29, 0.717) is 0 Å². The van der Waals surface area contributed by atoms with Gasteiger partial charge in [0.15, 0.2) is 0 Å². The summed E-state index contributed by atoms with van der Waals surface area (Å²) in [6.45, 7) is 9.26. The number of hydrogen-bond donors (Lipinski definition) is 0. The fraction of sp³-hybridized carbons (Fsp3) is 0.929. The van der Waals surface area contributed by atoms with Crippen LogP contribution in [-0.2, 0) is 0 Å². The van der Waals surface area contributed by atoms with Crippen molar-refractivity contribution in [2.75, 3.05) is 0 Å². The second kappa shape index (κ2) is 23.0. The van der Waals surface area contributed by atoms with E-state index in [-0.39, 0.29) is 0 Å². The lowest BCUT2D eigenvalue weighted by Gasteiger charge is -2.18. The van der Waals surface area contributed by atoms with Gasteiger partial charge in [-0.2, -0.15) is 0 Å². The first-order valence-electron chi connectivity index (χ1n) is 13.4. The molecule has 2 atom stereocenters. The molecule has 2 unspecified atom stereocenters. The molecule has 168 valence electrons. The maximum Gasteiger partial charge on any atom is -0.0351 e. The Hall–Kier alpha value is -0.260. The molecule has 0 radical (unpaired) electrons. The van der Waals surface area contributed by atoms with Gasteiger partial charge >= 0.3 is 0 Å². The summed E-state index contributed by atoms with van der Waals surface area (Å²) in [5.41, 5.74) is 0. The molecule has 0 rings (SSSR count). The summed E-state index contributed by atoms with van der Waals surface area (Å²) in [5.74, 6) is 2.01. The van der Waals surface area contributed by atoms with Crippen molar-refractivity contribution in [3.8, 4) is 0 Å². The Morgan fingerprint density at radius 1 is 0.500 bits per heavy atom. The molecule has 0 aromatic heterocycles. The van der Waals surface area contributed by atoms with Crippen LogP contribution in [0.1, 0.15) is 156 Å². The van der Waals surface area contributed by atoms with Crippen molar-refractivity contribution in [2.45, 2.75) is 156 Å². The van der Waals surface area contributed by atoms with E-state index >= 15 is 0 Å². The third-order valence-corrected chi connectivity index (χ3v) is 6.81. The lowest BCUT2D eigenvalue weighted by molar-refractivity contribution is 0.351. The number of rotatable bonds is 22. The van der Waals surface area contributed by atoms with Gasteiger partial charge in [-0.25, -0.2) is 0 Å². The molecule has 0 saturated carbocycles. The molecule has 0 saturated heterocycles. The Kier molecular flexibility index (Phi) is 22.8. The lowest BCUT2D eigenvalue weighted by atomic mass is 9.88. The van der Waals surface area contributed by atoms with E-state index in [2.05, 4.69) is 39.8 Å². The average molecular weight is 393 g/mol. The van der Waals surface area contributed by atoms with Crippen LogP contribution < -0.4 is 0 Å². The average Bonchev–Trinajstić information content (AvgIpc) is 2.72. The van der Waals surface area contributed by atoms with Crippen LogP contribution in [-0.4, -0.2) is 0 Å². The Labute approximate surface area is 180 Å². The van der Waals surface area contributed by atoms with E-state index in [9.17, 15) is 0 Å². The highest BCUT2D eigenvalue weighted by atomic mass is 14.2. The zero-order chi connectivity index (χ0) is 20.7. The zero-order valence-corrected chi connectivity index (χ0v) is 20.5. The zero-order valence-electron chi connectivity index (χ0n) is 20.5. The van der Waals surface area contributed by atoms with E-state index in [1.54, 1.807) is 0 Å². The molecule has 0 aliphatic rings. The smallest absolute Gasteiger partial charge is 0.0351 e. The molecule has 0 fully saturated rings. The Morgan fingerprint density at radius 2 is 0.929 bits per heavy atom. The summed E-state index contributed by atoms with van der Waals surface area (Å²) in [7, 11) is 0. The monoisotopic (exact) mass is 392 g/mol. The summed E-state index contributed by atoms with van der Waals surface area (Å²) in [4.78, 5) is 0. The lowest BCUT2D eigenvalue weighted by Crippen LogP contribution is -2.03. The topological polar surface area (TPSA) is 0 Å². The maximum absolute atomic E-state index is 2.42. The van der Waals surface area contributed by atoms with Crippen LogP contribution in [0.3, 0.4) is 0 Å². The normalized spacial score (nSPS) is 14.0. The summed E-state index contributed by atoms with van der Waals surface area (Å²) >= 11 is 0. The molecule has 0 aromatic carbocycles. The van der Waals surface area contributed by atoms with Crippen molar-refractivity contribution in [1.82, 2.24) is 0 Å². The number of allylic oxidation sites excluding steroid dienone is 2. The van der Waals surface area contributed by atoms with Crippen molar-refractivity contribution in [2.24, 2.45) is 11.8 Å². The van der Waals surface area contributed by atoms with Crippen LogP contribution in [0.2, 0.25) is 0 Å². The van der Waals surface area contributed by atoms with Crippen LogP contribution >= 0.6 is 0 Å². The minimum absolute atomic E-state index is 1.00. The third-order valence-electron chi connectivity index (χ3n) is 6.81. The van der Waals surface area contributed by atoms with E-state index < -0.39 is 0 Å². The fourth-order valence-electron chi connectivity index (χ4n) is 4.58. The Morgan fingerprint density at radius 3 is 1.39 bits per heavy atom. The molecule has 0 aliphatic heterocycles. The highest BCUT2D eigenvalue weighted by Crippen LogP contribution is 2.25. The molecule has 0 heterocycles. The molecule has 28 heavy (non-hydrogen) atoms. The summed E-state index contributed by atoms with van der Waals surface area (Å²) in [5, 5.41) is 0. The van der Waals surface area contributed by atoms with Crippen molar-refractivity contribution < 1.29 is 0 Å². The first-order valence-corrected chi connectivity index (χ1v) is 13.4. The predicted molar refractivity (Wildman–Crippen MR) is 131 cm³/mol. The van der Waals surface area contributed by atoms with Crippen LogP contribution in [0.25, 0.3) is 0 Å². The van der Waals surface area contributed by atoms with Crippen LogP contribution in [0.15, 0.2) is 12.2 Å². The van der Waals surface area contributed by atoms with Crippen molar-refractivity contribution in [1.29, 1.82) is 0 Å². The molecule has 0 bridgehead atoms. The second-order valence-corrected chi connectivity index (χ2v) is 9.30. The molecule has 0 amide bonds. The van der Waals surface area contributed by atoms with E-state index in [1.165, 1.54) is 128 Å². The van der Waals surface area contributed by atoms with E-state index in [1.807, 2.05) is 0 Å². The first-order chi connectivity index (χ1) is 13.8. The fourth-order valence-corrected chi connectivity index (χ4v) is 4.58. The molecule has 0 heteroatoms. The maximum atomic E-state index is 2.42. The Bertz CT molecular complexity index is 303. The molecule has 0 nitrogen and oxygen atoms in total. The highest BCUT2D eigenvalue weighted by Gasteiger charge is 2.10. The van der Waals surface area contributed by atoms with Crippen molar-refractivity contribution >= 4 is 0 Å². The van der Waals surface area contributed by atoms with Gasteiger partial charge in [0.2, 0.25) is 0 Å². The quantitative estimate of drug-likeness (QED) is 0.127. The van der Waals surface area contributed by atoms with Crippen LogP contribution in [0.4, 0.5) is 0 Å². The molecular weight excluding hydrogens is 336 g/mol. The van der Waals surface area contributed by atoms with Gasteiger partial charge in [-0.05, 0) is 31.6 Å². The molecule has 0 aromatic rings. The number of hydrogen-bond acceptors (Lipinski definition) is 0. The second-order valence-electron chi connectivity index (χ2n) is 9.30. The van der Waals surface area contributed by atoms with Gasteiger partial charge in [0, 0.05) is 0 Å². The van der Waals surface area contributed by atoms with Gasteiger partial charge in [-0.1, -0.05) is 148 Å². The third kappa shape index (κ3) is 19.1. The summed E-state index contributed by atoms with van der Waals surface area (Å²) in [6.07, 6.45) is 33.4. The number of unbranched alkanes of at least 4 members (excludes halogenated alkanes) is 11. The van der Waals surface area contributed by atoms with Crippen molar-refractivity contribution in [3.63, 3.8) is 0 Å². The summed E-state index contributed by atoms with van der Waals surface area (Å²) in [6, 6.07) is 0. The van der Waals surface area contributed by atoms with E-state index in [4.69, 9.17) is 0 Å². The van der Waals surface area contributed by atoms with Gasteiger partial charge in [0.05, 0.1) is 0 Å². The SMILES string of the molecule is C/C=C/CCCCCCCCCCCC(CC)CCCC(CC)CCCCC.